The van der Waals surface area contributed by atoms with Gasteiger partial charge in [-0.3, -0.25) is 0 Å². The summed E-state index contributed by atoms with van der Waals surface area (Å²) in [5.41, 5.74) is 2.42. The van der Waals surface area contributed by atoms with Gasteiger partial charge in [-0.15, -0.1) is 6.58 Å². The molecule has 2 nitrogen and oxygen atoms in total. The van der Waals surface area contributed by atoms with Gasteiger partial charge in [-0.2, -0.15) is 8.78 Å². The van der Waals surface area contributed by atoms with E-state index in [4.69, 9.17) is 9.47 Å². The van der Waals surface area contributed by atoms with Crippen molar-refractivity contribution in [2.75, 3.05) is 6.61 Å². The summed E-state index contributed by atoms with van der Waals surface area (Å²) >= 11 is 0. The summed E-state index contributed by atoms with van der Waals surface area (Å²) in [7, 11) is 0. The summed E-state index contributed by atoms with van der Waals surface area (Å²) in [5.74, 6) is -3.70. The Balaban J connectivity index is 1.56. The smallest absolute Gasteiger partial charge is 0.207 e. The van der Waals surface area contributed by atoms with Gasteiger partial charge in [0.15, 0.2) is 23.1 Å². The van der Waals surface area contributed by atoms with E-state index in [0.717, 1.165) is 0 Å². The van der Waals surface area contributed by atoms with Crippen LogP contribution < -0.4 is 9.47 Å². The van der Waals surface area contributed by atoms with E-state index in [0.29, 0.717) is 41.5 Å². The zero-order valence-electron chi connectivity index (χ0n) is 18.3. The minimum atomic E-state index is -1.15. The van der Waals surface area contributed by atoms with E-state index in [1.807, 2.05) is 0 Å². The van der Waals surface area contributed by atoms with Crippen LogP contribution in [0.3, 0.4) is 0 Å². The molecule has 0 radical (unpaired) electrons. The molecule has 0 aromatic heterocycles. The van der Waals surface area contributed by atoms with E-state index in [9.17, 15) is 17.6 Å². The molecule has 0 saturated carbocycles. The van der Waals surface area contributed by atoms with E-state index < -0.39 is 17.5 Å². The third-order valence-electron chi connectivity index (χ3n) is 5.76. The van der Waals surface area contributed by atoms with Crippen LogP contribution in [0, 0.1) is 23.3 Å². The van der Waals surface area contributed by atoms with Crippen LogP contribution in [0.15, 0.2) is 49.1 Å². The molecule has 33 heavy (non-hydrogen) atoms. The van der Waals surface area contributed by atoms with Gasteiger partial charge in [0.1, 0.15) is 5.82 Å². The van der Waals surface area contributed by atoms with E-state index >= 15 is 0 Å². The molecule has 0 bridgehead atoms. The minimum absolute atomic E-state index is 0.0000525. The predicted octanol–water partition coefficient (Wildman–Crippen LogP) is 7.24. The zero-order chi connectivity index (χ0) is 23.5. The largest absolute Gasteiger partial charge is 0.491 e. The maximum Gasteiger partial charge on any atom is 0.207 e. The number of ether oxygens (including phenoxy) is 2. The average molecular weight is 456 g/mol. The first kappa shape index (κ1) is 22.9. The number of allylic oxidation sites excluding steroid dienone is 1. The Bertz CT molecular complexity index is 1200. The quantitative estimate of drug-likeness (QED) is 0.206. The lowest BCUT2D eigenvalue weighted by molar-refractivity contribution is 0.309. The first-order chi connectivity index (χ1) is 15.9. The Morgan fingerprint density at radius 3 is 2.39 bits per heavy atom. The first-order valence-corrected chi connectivity index (χ1v) is 10.9. The van der Waals surface area contributed by atoms with Gasteiger partial charge in [-0.25, -0.2) is 8.78 Å². The topological polar surface area (TPSA) is 18.5 Å². The van der Waals surface area contributed by atoms with Crippen LogP contribution >= 0.6 is 0 Å². The highest BCUT2D eigenvalue weighted by Crippen LogP contribution is 2.43. The summed E-state index contributed by atoms with van der Waals surface area (Å²) in [6.45, 7) is 5.62. The van der Waals surface area contributed by atoms with Crippen molar-refractivity contribution in [2.45, 2.75) is 39.0 Å². The fourth-order valence-corrected chi connectivity index (χ4v) is 4.03. The molecule has 6 heteroatoms. The van der Waals surface area contributed by atoms with Crippen LogP contribution in [0.1, 0.15) is 41.2 Å². The highest BCUT2D eigenvalue weighted by molar-refractivity contribution is 5.54. The van der Waals surface area contributed by atoms with Crippen LogP contribution in [0.2, 0.25) is 0 Å². The van der Waals surface area contributed by atoms with Gasteiger partial charge >= 0.3 is 0 Å². The van der Waals surface area contributed by atoms with Crippen molar-refractivity contribution in [1.82, 2.24) is 0 Å². The van der Waals surface area contributed by atoms with Crippen molar-refractivity contribution in [3.63, 3.8) is 0 Å². The summed E-state index contributed by atoms with van der Waals surface area (Å²) in [4.78, 5) is 0. The number of fused-ring (bicyclic) bond motifs is 2. The molecule has 0 saturated heterocycles. The molecule has 1 aliphatic rings. The summed E-state index contributed by atoms with van der Waals surface area (Å²) < 4.78 is 69.3. The Morgan fingerprint density at radius 1 is 0.879 bits per heavy atom. The van der Waals surface area contributed by atoms with Gasteiger partial charge in [-0.1, -0.05) is 24.3 Å². The number of hydrogen-bond acceptors (Lipinski definition) is 2. The number of rotatable bonds is 8. The Morgan fingerprint density at radius 2 is 1.67 bits per heavy atom. The lowest BCUT2D eigenvalue weighted by atomic mass is 9.95. The molecule has 0 N–H and O–H groups in total. The third kappa shape index (κ3) is 4.61. The lowest BCUT2D eigenvalue weighted by Gasteiger charge is -2.23. The molecule has 1 heterocycles. The molecule has 3 aromatic carbocycles. The Labute approximate surface area is 190 Å². The summed E-state index contributed by atoms with van der Waals surface area (Å²) in [6.07, 6.45) is 3.70. The van der Waals surface area contributed by atoms with Gasteiger partial charge in [0.2, 0.25) is 11.6 Å². The zero-order valence-corrected chi connectivity index (χ0v) is 18.3. The van der Waals surface area contributed by atoms with Gasteiger partial charge in [0, 0.05) is 17.5 Å². The van der Waals surface area contributed by atoms with Gasteiger partial charge in [0.25, 0.3) is 0 Å². The second-order valence-electron chi connectivity index (χ2n) is 7.98. The van der Waals surface area contributed by atoms with E-state index in [2.05, 4.69) is 6.58 Å². The fraction of sp³-hybridized carbons (Fsp3) is 0.259. The number of hydrogen-bond donors (Lipinski definition) is 0. The molecule has 0 atom stereocenters. The van der Waals surface area contributed by atoms with E-state index in [1.165, 1.54) is 12.1 Å². The number of halogens is 4. The van der Waals surface area contributed by atoms with Crippen molar-refractivity contribution >= 4 is 0 Å². The molecule has 4 rings (SSSR count). The van der Waals surface area contributed by atoms with E-state index in [1.54, 1.807) is 37.3 Å². The molecule has 0 spiro atoms. The average Bonchev–Trinajstić information content (AvgIpc) is 2.81. The molecule has 0 unspecified atom stereocenters. The van der Waals surface area contributed by atoms with Gasteiger partial charge in [0.05, 0.1) is 6.61 Å². The second-order valence-corrected chi connectivity index (χ2v) is 7.98. The monoisotopic (exact) mass is 456 g/mol. The van der Waals surface area contributed by atoms with Crippen molar-refractivity contribution in [3.05, 3.63) is 100 Å². The third-order valence-corrected chi connectivity index (χ3v) is 5.76. The Kier molecular flexibility index (Phi) is 6.72. The highest BCUT2D eigenvalue weighted by Gasteiger charge is 2.28. The molecule has 0 fully saturated rings. The Hall–Kier alpha value is -3.28. The van der Waals surface area contributed by atoms with Crippen molar-refractivity contribution in [1.29, 1.82) is 0 Å². The van der Waals surface area contributed by atoms with Crippen LogP contribution in [0.25, 0.3) is 0 Å². The highest BCUT2D eigenvalue weighted by atomic mass is 19.2. The minimum Gasteiger partial charge on any atom is -0.491 e. The molecule has 1 aliphatic heterocycles. The SMILES string of the molecule is C=CCCc1ccc(CCc2cc3c(c(F)c2F)Oc2c(ccc(OCC)c2F)C3)cc1F. The molecular formula is C27H24F4O2. The first-order valence-electron chi connectivity index (χ1n) is 10.9. The summed E-state index contributed by atoms with van der Waals surface area (Å²) in [5, 5.41) is 0. The van der Waals surface area contributed by atoms with E-state index in [-0.39, 0.29) is 48.1 Å². The van der Waals surface area contributed by atoms with Crippen molar-refractivity contribution in [3.8, 4) is 17.2 Å². The standard InChI is InChI=1S/C27H24F4O2/c1-3-5-6-17-9-7-16(13-21(17)28)8-10-18-14-20-15-19-11-12-22(32-4-2)24(30)26(19)33-27(20)25(31)23(18)29/h3,7,9,11-14H,1,4-6,8,10,15H2,2H3. The molecular weight excluding hydrogens is 432 g/mol. The fourth-order valence-electron chi connectivity index (χ4n) is 4.03. The second kappa shape index (κ2) is 9.69. The number of aryl methyl sites for hydroxylation is 3. The molecule has 3 aromatic rings. The molecule has 172 valence electrons. The lowest BCUT2D eigenvalue weighted by Crippen LogP contribution is -2.11. The molecule has 0 amide bonds. The van der Waals surface area contributed by atoms with Crippen LogP contribution in [-0.2, 0) is 25.7 Å². The molecule has 0 aliphatic carbocycles. The maximum absolute atomic E-state index is 14.9. The summed E-state index contributed by atoms with van der Waals surface area (Å²) in [6, 6.07) is 9.65. The maximum atomic E-state index is 14.9. The van der Waals surface area contributed by atoms with Crippen molar-refractivity contribution in [2.24, 2.45) is 0 Å². The van der Waals surface area contributed by atoms with Gasteiger partial charge < -0.3 is 9.47 Å². The van der Waals surface area contributed by atoms with Crippen LogP contribution in [0.4, 0.5) is 17.6 Å². The van der Waals surface area contributed by atoms with Gasteiger partial charge in [-0.05, 0) is 67.5 Å². The van der Waals surface area contributed by atoms with Crippen molar-refractivity contribution < 1.29 is 27.0 Å². The predicted molar refractivity (Wildman–Crippen MR) is 119 cm³/mol. The number of benzene rings is 3. The van der Waals surface area contributed by atoms with Crippen LogP contribution in [-0.4, -0.2) is 6.61 Å². The normalized spacial score (nSPS) is 12.0. The van der Waals surface area contributed by atoms with Crippen LogP contribution in [0.5, 0.6) is 17.2 Å².